The van der Waals surface area contributed by atoms with Crippen LogP contribution in [-0.4, -0.2) is 59.7 Å². The zero-order valence-corrected chi connectivity index (χ0v) is 18.8. The Hall–Kier alpha value is -2.49. The van der Waals surface area contributed by atoms with Gasteiger partial charge in [-0.05, 0) is 35.6 Å². The lowest BCUT2D eigenvalue weighted by atomic mass is 10.0. The third-order valence-electron chi connectivity index (χ3n) is 6.40. The van der Waals surface area contributed by atoms with Gasteiger partial charge in [-0.1, -0.05) is 11.6 Å². The lowest BCUT2D eigenvalue weighted by molar-refractivity contribution is -0.136. The molecule has 3 aliphatic heterocycles. The number of carbonyl (C=O) groups is 3. The first-order valence-corrected chi connectivity index (χ1v) is 11.8. The molecule has 0 spiro atoms. The molecule has 1 aromatic carbocycles. The van der Waals surface area contributed by atoms with Gasteiger partial charge in [0.15, 0.2) is 0 Å². The molecule has 5 rings (SSSR count). The summed E-state index contributed by atoms with van der Waals surface area (Å²) in [4.78, 5) is 42.7. The number of benzene rings is 1. The molecule has 10 heteroatoms. The zero-order chi connectivity index (χ0) is 22.4. The number of hydrogen-bond acceptors (Lipinski definition) is 6. The number of amides is 3. The Bertz CT molecular complexity index is 1100. The summed E-state index contributed by atoms with van der Waals surface area (Å²) >= 11 is 7.75. The molecule has 1 atom stereocenters. The van der Waals surface area contributed by atoms with Crippen molar-refractivity contribution in [3.63, 3.8) is 0 Å². The molecule has 32 heavy (non-hydrogen) atoms. The highest BCUT2D eigenvalue weighted by atomic mass is 35.5. The van der Waals surface area contributed by atoms with E-state index in [0.717, 1.165) is 35.1 Å². The Morgan fingerprint density at radius 1 is 1.16 bits per heavy atom. The predicted molar refractivity (Wildman–Crippen MR) is 119 cm³/mol. The number of carbonyl (C=O) groups excluding carboxylic acids is 3. The van der Waals surface area contributed by atoms with Crippen LogP contribution < -0.4 is 10.2 Å². The van der Waals surface area contributed by atoms with Crippen LogP contribution >= 0.6 is 22.9 Å². The van der Waals surface area contributed by atoms with Crippen LogP contribution in [0, 0.1) is 5.82 Å². The number of piperazine rings is 1. The molecule has 2 fully saturated rings. The molecule has 3 aliphatic rings. The fraction of sp³-hybridized carbons (Fsp3) is 0.409. The van der Waals surface area contributed by atoms with Crippen LogP contribution in [0.4, 0.5) is 10.1 Å². The maximum atomic E-state index is 14.5. The van der Waals surface area contributed by atoms with Crippen molar-refractivity contribution in [1.82, 2.24) is 15.1 Å². The number of rotatable bonds is 4. The molecule has 1 unspecified atom stereocenters. The summed E-state index contributed by atoms with van der Waals surface area (Å²) in [6.07, 6.45) is 0.472. The average Bonchev–Trinajstić information content (AvgIpc) is 3.31. The molecule has 0 radical (unpaired) electrons. The summed E-state index contributed by atoms with van der Waals surface area (Å²) in [5, 5.41) is 4.28. The van der Waals surface area contributed by atoms with E-state index in [1.807, 2.05) is 11.4 Å². The van der Waals surface area contributed by atoms with E-state index in [1.54, 1.807) is 0 Å². The van der Waals surface area contributed by atoms with Crippen molar-refractivity contribution < 1.29 is 18.8 Å². The van der Waals surface area contributed by atoms with Crippen molar-refractivity contribution in [2.24, 2.45) is 0 Å². The second-order valence-electron chi connectivity index (χ2n) is 8.33. The third kappa shape index (κ3) is 3.89. The Balaban J connectivity index is 1.33. The fourth-order valence-electron chi connectivity index (χ4n) is 4.71. The number of nitrogens with one attached hydrogen (secondary N) is 1. The van der Waals surface area contributed by atoms with Crippen molar-refractivity contribution in [2.45, 2.75) is 32.0 Å². The van der Waals surface area contributed by atoms with Crippen molar-refractivity contribution in [2.75, 3.05) is 31.1 Å². The first-order valence-electron chi connectivity index (χ1n) is 10.6. The van der Waals surface area contributed by atoms with Crippen LogP contribution in [0.5, 0.6) is 0 Å². The van der Waals surface area contributed by atoms with Gasteiger partial charge in [0.1, 0.15) is 11.9 Å². The molecule has 4 heterocycles. The van der Waals surface area contributed by atoms with E-state index < -0.39 is 17.8 Å². The van der Waals surface area contributed by atoms with Gasteiger partial charge in [-0.2, -0.15) is 0 Å². The van der Waals surface area contributed by atoms with Crippen LogP contribution in [0.2, 0.25) is 4.34 Å². The smallest absolute Gasteiger partial charge is 0.255 e. The van der Waals surface area contributed by atoms with E-state index >= 15 is 0 Å². The Morgan fingerprint density at radius 2 is 1.94 bits per heavy atom. The first-order chi connectivity index (χ1) is 15.4. The molecule has 2 saturated heterocycles. The van der Waals surface area contributed by atoms with Crippen LogP contribution in [0.3, 0.4) is 0 Å². The highest BCUT2D eigenvalue weighted by Gasteiger charge is 2.41. The van der Waals surface area contributed by atoms with Gasteiger partial charge in [-0.3, -0.25) is 24.6 Å². The summed E-state index contributed by atoms with van der Waals surface area (Å²) in [6, 6.07) is 4.05. The zero-order valence-electron chi connectivity index (χ0n) is 17.3. The maximum Gasteiger partial charge on any atom is 0.255 e. The van der Waals surface area contributed by atoms with Crippen LogP contribution in [-0.2, 0) is 22.7 Å². The molecule has 168 valence electrons. The number of anilines is 1. The van der Waals surface area contributed by atoms with Crippen molar-refractivity contribution in [1.29, 1.82) is 0 Å². The molecular weight excluding hydrogens is 455 g/mol. The predicted octanol–water partition coefficient (Wildman–Crippen LogP) is 2.62. The van der Waals surface area contributed by atoms with Crippen LogP contribution in [0.1, 0.15) is 34.3 Å². The SMILES string of the molecule is O=C1CCC(N2Cc3c(cc(F)cc3N3CCN(Cc4ccsc4Cl)CC3)C2=O)C(=O)N1. The topological polar surface area (TPSA) is 73.0 Å². The van der Waals surface area contributed by atoms with E-state index in [1.165, 1.54) is 28.4 Å². The fourth-order valence-corrected chi connectivity index (χ4v) is 5.62. The van der Waals surface area contributed by atoms with Gasteiger partial charge >= 0.3 is 0 Å². The minimum Gasteiger partial charge on any atom is -0.369 e. The van der Waals surface area contributed by atoms with Gasteiger partial charge in [0, 0.05) is 62.5 Å². The Morgan fingerprint density at radius 3 is 2.62 bits per heavy atom. The van der Waals surface area contributed by atoms with Gasteiger partial charge in [0.05, 0.1) is 4.34 Å². The molecule has 0 saturated carbocycles. The molecule has 0 bridgehead atoms. The summed E-state index contributed by atoms with van der Waals surface area (Å²) in [6.45, 7) is 4.00. The summed E-state index contributed by atoms with van der Waals surface area (Å²) in [5.74, 6) is -1.63. The van der Waals surface area contributed by atoms with Gasteiger partial charge in [0.2, 0.25) is 11.8 Å². The summed E-state index contributed by atoms with van der Waals surface area (Å²) in [5.41, 5.74) is 2.87. The minimum atomic E-state index is -0.712. The van der Waals surface area contributed by atoms with Gasteiger partial charge < -0.3 is 9.80 Å². The molecule has 7 nitrogen and oxygen atoms in total. The van der Waals surface area contributed by atoms with E-state index in [-0.39, 0.29) is 31.2 Å². The maximum absolute atomic E-state index is 14.5. The standard InChI is InChI=1S/C22H22ClFN4O3S/c23-20-13(3-8-32-20)11-26-4-6-27(7-5-26)18-10-14(24)9-15-16(18)12-28(22(15)31)17-1-2-19(29)25-21(17)30/h3,8-10,17H,1-2,4-7,11-12H2,(H,25,29,30). The van der Waals surface area contributed by atoms with Gasteiger partial charge in [-0.25, -0.2) is 4.39 Å². The number of piperidine rings is 1. The quantitative estimate of drug-likeness (QED) is 0.687. The number of halogens is 2. The molecule has 2 aromatic rings. The van der Waals surface area contributed by atoms with Crippen molar-refractivity contribution in [3.8, 4) is 0 Å². The molecule has 0 aliphatic carbocycles. The van der Waals surface area contributed by atoms with E-state index in [4.69, 9.17) is 11.6 Å². The second-order valence-corrected chi connectivity index (χ2v) is 9.85. The second kappa shape index (κ2) is 8.46. The van der Waals surface area contributed by atoms with E-state index in [9.17, 15) is 18.8 Å². The normalized spacial score (nSPS) is 21.8. The van der Waals surface area contributed by atoms with Crippen LogP contribution in [0.15, 0.2) is 23.6 Å². The first kappa shape index (κ1) is 21.4. The lowest BCUT2D eigenvalue weighted by Gasteiger charge is -2.37. The summed E-state index contributed by atoms with van der Waals surface area (Å²) < 4.78 is 15.3. The van der Waals surface area contributed by atoms with Gasteiger partial charge in [0.25, 0.3) is 5.91 Å². The van der Waals surface area contributed by atoms with E-state index in [0.29, 0.717) is 24.3 Å². The lowest BCUT2D eigenvalue weighted by Crippen LogP contribution is -2.52. The number of nitrogens with zero attached hydrogens (tertiary/aromatic N) is 3. The molecule has 3 amide bonds. The number of imide groups is 1. The molecule has 1 aromatic heterocycles. The average molecular weight is 477 g/mol. The Kier molecular flexibility index (Phi) is 5.65. The summed E-state index contributed by atoms with van der Waals surface area (Å²) in [7, 11) is 0. The van der Waals surface area contributed by atoms with E-state index in [2.05, 4.69) is 15.1 Å². The largest absolute Gasteiger partial charge is 0.369 e. The monoisotopic (exact) mass is 476 g/mol. The number of hydrogen-bond donors (Lipinski definition) is 1. The van der Waals surface area contributed by atoms with Crippen LogP contribution in [0.25, 0.3) is 0 Å². The Labute approximate surface area is 193 Å². The molecular formula is C22H22ClFN4O3S. The molecule has 1 N–H and O–H groups in total. The third-order valence-corrected chi connectivity index (χ3v) is 7.65. The van der Waals surface area contributed by atoms with Crippen molar-refractivity contribution >= 4 is 46.3 Å². The number of thiophene rings is 1. The highest BCUT2D eigenvalue weighted by Crippen LogP contribution is 2.35. The minimum absolute atomic E-state index is 0.188. The highest BCUT2D eigenvalue weighted by molar-refractivity contribution is 7.14. The number of fused-ring (bicyclic) bond motifs is 1. The van der Waals surface area contributed by atoms with Crippen molar-refractivity contribution in [3.05, 3.63) is 50.4 Å². The van der Waals surface area contributed by atoms with Gasteiger partial charge in [-0.15, -0.1) is 11.3 Å².